The van der Waals surface area contributed by atoms with Crippen molar-refractivity contribution in [2.24, 2.45) is 5.92 Å². The van der Waals surface area contributed by atoms with Crippen LogP contribution in [0.2, 0.25) is 0 Å². The first kappa shape index (κ1) is 22.3. The Bertz CT molecular complexity index is 904. The minimum Gasteiger partial charge on any atom is -0.467 e. The van der Waals surface area contributed by atoms with Gasteiger partial charge >= 0.3 is 6.61 Å². The molecule has 0 spiro atoms. The average molecular weight is 435 g/mol. The SMILES string of the molecule is O=C(CNC(=O)C1CCCN(C(=O)c2ccccc2OC(F)F)C1)NCc1ccco1. The molecule has 1 aliphatic rings. The van der Waals surface area contributed by atoms with E-state index in [2.05, 4.69) is 15.4 Å². The number of carbonyl (C=O) groups excluding carboxylic acids is 3. The van der Waals surface area contributed by atoms with Crippen molar-refractivity contribution in [3.8, 4) is 5.75 Å². The van der Waals surface area contributed by atoms with Crippen molar-refractivity contribution in [3.63, 3.8) is 0 Å². The van der Waals surface area contributed by atoms with Gasteiger partial charge in [0, 0.05) is 13.1 Å². The molecule has 2 aromatic rings. The highest BCUT2D eigenvalue weighted by Gasteiger charge is 2.30. The lowest BCUT2D eigenvalue weighted by atomic mass is 9.96. The fourth-order valence-electron chi connectivity index (χ4n) is 3.36. The van der Waals surface area contributed by atoms with Gasteiger partial charge in [-0.2, -0.15) is 8.78 Å². The molecular weight excluding hydrogens is 412 g/mol. The zero-order valence-electron chi connectivity index (χ0n) is 16.7. The van der Waals surface area contributed by atoms with Crippen LogP contribution >= 0.6 is 0 Å². The molecule has 0 bridgehead atoms. The van der Waals surface area contributed by atoms with Gasteiger partial charge < -0.3 is 24.7 Å². The summed E-state index contributed by atoms with van der Waals surface area (Å²) in [6.07, 6.45) is 2.63. The third-order valence-corrected chi connectivity index (χ3v) is 4.88. The zero-order valence-corrected chi connectivity index (χ0v) is 16.7. The molecule has 1 aliphatic heterocycles. The highest BCUT2D eigenvalue weighted by Crippen LogP contribution is 2.25. The van der Waals surface area contributed by atoms with Gasteiger partial charge in [0.25, 0.3) is 5.91 Å². The molecule has 31 heavy (non-hydrogen) atoms. The van der Waals surface area contributed by atoms with Crippen LogP contribution in [-0.2, 0) is 16.1 Å². The Morgan fingerprint density at radius 3 is 2.71 bits per heavy atom. The van der Waals surface area contributed by atoms with E-state index in [1.807, 2.05) is 0 Å². The van der Waals surface area contributed by atoms with Crippen molar-refractivity contribution in [1.29, 1.82) is 0 Å². The number of ether oxygens (including phenoxy) is 1. The maximum atomic E-state index is 12.8. The highest BCUT2D eigenvalue weighted by molar-refractivity contribution is 5.97. The lowest BCUT2D eigenvalue weighted by Gasteiger charge is -2.32. The zero-order chi connectivity index (χ0) is 22.2. The molecule has 2 heterocycles. The number of hydrogen-bond donors (Lipinski definition) is 2. The maximum absolute atomic E-state index is 12.8. The van der Waals surface area contributed by atoms with E-state index in [9.17, 15) is 23.2 Å². The number of furan rings is 1. The lowest BCUT2D eigenvalue weighted by molar-refractivity contribution is -0.129. The van der Waals surface area contributed by atoms with Crippen LogP contribution in [-0.4, -0.2) is 48.9 Å². The molecule has 0 aliphatic carbocycles. The van der Waals surface area contributed by atoms with Crippen molar-refractivity contribution in [1.82, 2.24) is 15.5 Å². The minimum absolute atomic E-state index is 0.0150. The molecule has 3 amide bonds. The second kappa shape index (κ2) is 10.6. The number of halogens is 2. The first-order valence-electron chi connectivity index (χ1n) is 9.84. The summed E-state index contributed by atoms with van der Waals surface area (Å²) in [6.45, 7) is -2.51. The van der Waals surface area contributed by atoms with Gasteiger partial charge in [-0.3, -0.25) is 14.4 Å². The van der Waals surface area contributed by atoms with E-state index in [-0.39, 0.29) is 42.8 Å². The van der Waals surface area contributed by atoms with E-state index in [4.69, 9.17) is 4.42 Å². The van der Waals surface area contributed by atoms with Gasteiger partial charge in [-0.05, 0) is 37.1 Å². The van der Waals surface area contributed by atoms with Gasteiger partial charge in [0.2, 0.25) is 11.8 Å². The summed E-state index contributed by atoms with van der Waals surface area (Å²) in [6, 6.07) is 9.19. The molecular formula is C21H23F2N3O5. The number of rotatable bonds is 8. The van der Waals surface area contributed by atoms with Crippen LogP contribution in [0.1, 0.15) is 29.0 Å². The van der Waals surface area contributed by atoms with E-state index in [0.29, 0.717) is 25.1 Å². The topological polar surface area (TPSA) is 101 Å². The highest BCUT2D eigenvalue weighted by atomic mass is 19.3. The molecule has 2 N–H and O–H groups in total. The summed E-state index contributed by atoms with van der Waals surface area (Å²) in [5.41, 5.74) is 0.0150. The summed E-state index contributed by atoms with van der Waals surface area (Å²) in [4.78, 5) is 38.7. The second-order valence-electron chi connectivity index (χ2n) is 7.04. The van der Waals surface area contributed by atoms with Gasteiger partial charge in [-0.25, -0.2) is 0 Å². The van der Waals surface area contributed by atoms with Crippen LogP contribution in [0.25, 0.3) is 0 Å². The van der Waals surface area contributed by atoms with Crippen molar-refractivity contribution >= 4 is 17.7 Å². The Balaban J connectivity index is 1.52. The molecule has 1 fully saturated rings. The standard InChI is InChI=1S/C21H23F2N3O5/c22-21(23)31-17-8-2-1-7-16(17)20(29)26-9-3-5-14(13-26)19(28)25-12-18(27)24-11-15-6-4-10-30-15/h1-2,4,6-8,10,14,21H,3,5,9,11-13H2,(H,24,27)(H,25,28). The number of nitrogens with one attached hydrogen (secondary N) is 2. The van der Waals surface area contributed by atoms with E-state index < -0.39 is 18.4 Å². The summed E-state index contributed by atoms with van der Waals surface area (Å²) < 4.78 is 34.8. The number of alkyl halides is 2. The summed E-state index contributed by atoms with van der Waals surface area (Å²) in [5.74, 6) is -1.31. The van der Waals surface area contributed by atoms with Gasteiger partial charge in [-0.1, -0.05) is 12.1 Å². The predicted octanol–water partition coefficient (Wildman–Crippen LogP) is 2.17. The summed E-state index contributed by atoms with van der Waals surface area (Å²) >= 11 is 0. The largest absolute Gasteiger partial charge is 0.467 e. The fourth-order valence-corrected chi connectivity index (χ4v) is 3.36. The van der Waals surface area contributed by atoms with E-state index in [1.165, 1.54) is 29.4 Å². The van der Waals surface area contributed by atoms with Crippen molar-refractivity contribution in [3.05, 3.63) is 54.0 Å². The monoisotopic (exact) mass is 435 g/mol. The number of para-hydroxylation sites is 1. The van der Waals surface area contributed by atoms with Crippen LogP contribution in [0.5, 0.6) is 5.75 Å². The quantitative estimate of drug-likeness (QED) is 0.662. The Kier molecular flexibility index (Phi) is 7.58. The fraction of sp³-hybridized carbons (Fsp3) is 0.381. The Hall–Kier alpha value is -3.43. The number of likely N-dealkylation sites (tertiary alicyclic amines) is 1. The number of piperidine rings is 1. The molecule has 0 radical (unpaired) electrons. The van der Waals surface area contributed by atoms with Gasteiger partial charge in [0.1, 0.15) is 11.5 Å². The third-order valence-electron chi connectivity index (χ3n) is 4.88. The molecule has 8 nitrogen and oxygen atoms in total. The third kappa shape index (κ3) is 6.27. The van der Waals surface area contributed by atoms with E-state index >= 15 is 0 Å². The molecule has 0 saturated carbocycles. The van der Waals surface area contributed by atoms with Crippen molar-refractivity contribution in [2.75, 3.05) is 19.6 Å². The van der Waals surface area contributed by atoms with Crippen LogP contribution in [0.15, 0.2) is 47.1 Å². The Labute approximate surface area is 177 Å². The second-order valence-corrected chi connectivity index (χ2v) is 7.04. The number of benzene rings is 1. The molecule has 3 rings (SSSR count). The van der Waals surface area contributed by atoms with E-state index in [0.717, 1.165) is 0 Å². The number of hydrogen-bond acceptors (Lipinski definition) is 5. The van der Waals surface area contributed by atoms with E-state index in [1.54, 1.807) is 18.2 Å². The molecule has 1 saturated heterocycles. The maximum Gasteiger partial charge on any atom is 0.387 e. The molecule has 1 aromatic carbocycles. The van der Waals surface area contributed by atoms with Crippen molar-refractivity contribution in [2.45, 2.75) is 26.0 Å². The molecule has 1 atom stereocenters. The Morgan fingerprint density at radius 1 is 1.16 bits per heavy atom. The molecule has 166 valence electrons. The first-order valence-corrected chi connectivity index (χ1v) is 9.84. The van der Waals surface area contributed by atoms with Gasteiger partial charge in [-0.15, -0.1) is 0 Å². The first-order chi connectivity index (χ1) is 14.9. The van der Waals surface area contributed by atoms with Crippen LogP contribution < -0.4 is 15.4 Å². The lowest BCUT2D eigenvalue weighted by Crippen LogP contribution is -2.47. The van der Waals surface area contributed by atoms with Crippen LogP contribution in [0.4, 0.5) is 8.78 Å². The number of amides is 3. The smallest absolute Gasteiger partial charge is 0.387 e. The predicted molar refractivity (Wildman–Crippen MR) is 105 cm³/mol. The minimum atomic E-state index is -3.05. The average Bonchev–Trinajstić information content (AvgIpc) is 3.29. The number of nitrogens with zero attached hydrogens (tertiary/aromatic N) is 1. The molecule has 10 heteroatoms. The van der Waals surface area contributed by atoms with Crippen LogP contribution in [0, 0.1) is 5.92 Å². The number of carbonyl (C=O) groups is 3. The normalized spacial score (nSPS) is 16.1. The summed E-state index contributed by atoms with van der Waals surface area (Å²) in [7, 11) is 0. The van der Waals surface area contributed by atoms with Gasteiger partial charge in [0.15, 0.2) is 0 Å². The van der Waals surface area contributed by atoms with Crippen molar-refractivity contribution < 1.29 is 32.3 Å². The van der Waals surface area contributed by atoms with Gasteiger partial charge in [0.05, 0.1) is 30.8 Å². The summed E-state index contributed by atoms with van der Waals surface area (Å²) in [5, 5.41) is 5.20. The molecule has 1 unspecified atom stereocenters. The van der Waals surface area contributed by atoms with Crippen LogP contribution in [0.3, 0.4) is 0 Å². The Morgan fingerprint density at radius 2 is 1.97 bits per heavy atom. The molecule has 1 aromatic heterocycles.